The summed E-state index contributed by atoms with van der Waals surface area (Å²) in [6, 6.07) is 10.7. The van der Waals surface area contributed by atoms with Crippen LogP contribution in [0.3, 0.4) is 0 Å². The van der Waals surface area contributed by atoms with E-state index in [9.17, 15) is 20.1 Å². The van der Waals surface area contributed by atoms with Crippen molar-refractivity contribution in [3.63, 3.8) is 0 Å². The van der Waals surface area contributed by atoms with E-state index in [1.807, 2.05) is 35.2 Å². The van der Waals surface area contributed by atoms with Gasteiger partial charge >= 0.3 is 0 Å². The van der Waals surface area contributed by atoms with E-state index in [1.54, 1.807) is 6.07 Å². The molecule has 2 aliphatic rings. The van der Waals surface area contributed by atoms with E-state index in [0.717, 1.165) is 10.9 Å². The summed E-state index contributed by atoms with van der Waals surface area (Å²) in [5, 5.41) is 34.4. The number of nitrogens with one attached hydrogen (secondary N) is 2. The molecule has 5 N–H and O–H groups in total. The predicted octanol–water partition coefficient (Wildman–Crippen LogP) is 0.336. The molecule has 0 radical (unpaired) electrons. The monoisotopic (exact) mass is 453 g/mol. The number of para-hydroxylation sites is 1. The van der Waals surface area contributed by atoms with Gasteiger partial charge in [-0.2, -0.15) is 4.98 Å². The van der Waals surface area contributed by atoms with Crippen molar-refractivity contribution in [3.8, 4) is 11.3 Å². The first-order valence-corrected chi connectivity index (χ1v) is 11.1. The Bertz CT molecular complexity index is 1200. The highest BCUT2D eigenvalue weighted by Gasteiger charge is 2.41. The molecule has 5 rings (SSSR count). The summed E-state index contributed by atoms with van der Waals surface area (Å²) in [4.78, 5) is 27.5. The third-order valence-corrected chi connectivity index (χ3v) is 6.43. The van der Waals surface area contributed by atoms with Crippen molar-refractivity contribution < 1.29 is 20.1 Å². The maximum absolute atomic E-state index is 13.3. The zero-order valence-electron chi connectivity index (χ0n) is 18.0. The van der Waals surface area contributed by atoms with Crippen molar-refractivity contribution >= 4 is 22.7 Å². The van der Waals surface area contributed by atoms with Crippen LogP contribution in [-0.2, 0) is 4.74 Å². The molecule has 1 saturated heterocycles. The average Bonchev–Trinajstić information content (AvgIpc) is 3.12. The van der Waals surface area contributed by atoms with Crippen molar-refractivity contribution in [1.82, 2.24) is 15.0 Å². The molecule has 3 heterocycles. The van der Waals surface area contributed by atoms with Gasteiger partial charge in [0, 0.05) is 31.0 Å². The fraction of sp³-hybridized carbons (Fsp3) is 0.435. The molecule has 10 nitrogen and oxygen atoms in total. The van der Waals surface area contributed by atoms with Gasteiger partial charge in [0.15, 0.2) is 0 Å². The SMILES string of the molecule is O=c1[nH]c(N2CCOCC2)nc(NC2C[C@H](CO)[C@@H](O)[C@H]2O)c1-c1ccc2ccccc2n1. The number of aromatic nitrogens is 3. The second kappa shape index (κ2) is 9.06. The number of fused-ring (bicyclic) bond motifs is 1. The molecular formula is C23H27N5O5. The van der Waals surface area contributed by atoms with E-state index < -0.39 is 24.2 Å². The third-order valence-electron chi connectivity index (χ3n) is 6.43. The quantitative estimate of drug-likeness (QED) is 0.369. The minimum absolute atomic E-state index is 0.239. The Balaban J connectivity index is 1.58. The number of nitrogens with zero attached hydrogens (tertiary/aromatic N) is 3. The lowest BCUT2D eigenvalue weighted by atomic mass is 10.1. The first-order valence-electron chi connectivity index (χ1n) is 11.1. The molecule has 0 bridgehead atoms. The molecule has 1 saturated carbocycles. The summed E-state index contributed by atoms with van der Waals surface area (Å²) in [5.74, 6) is 0.223. The smallest absolute Gasteiger partial charge is 0.263 e. The lowest BCUT2D eigenvalue weighted by Crippen LogP contribution is -2.39. The zero-order chi connectivity index (χ0) is 22.9. The standard InChI is InChI=1S/C23H27N5O5/c29-12-14-11-17(20(31)19(14)30)25-21-18(16-6-5-13-3-1-2-4-15(13)24-16)22(32)27-23(26-21)28-7-9-33-10-8-28/h1-6,14,17,19-20,29-31H,7-12H2,(H2,25,26,27,32)/t14-,17?,19-,20+/m1/s1. The number of anilines is 2. The van der Waals surface area contributed by atoms with Gasteiger partial charge in [-0.1, -0.05) is 24.3 Å². The molecule has 1 aromatic carbocycles. The van der Waals surface area contributed by atoms with Crippen molar-refractivity contribution in [3.05, 3.63) is 46.8 Å². The number of morpholine rings is 1. The molecule has 1 unspecified atom stereocenters. The number of rotatable bonds is 5. The fourth-order valence-electron chi connectivity index (χ4n) is 4.56. The molecule has 4 atom stereocenters. The highest BCUT2D eigenvalue weighted by molar-refractivity contribution is 5.83. The molecular weight excluding hydrogens is 426 g/mol. The normalized spacial score (nSPS) is 25.5. The van der Waals surface area contributed by atoms with Gasteiger partial charge < -0.3 is 30.3 Å². The van der Waals surface area contributed by atoms with Gasteiger partial charge in [0.05, 0.1) is 36.6 Å². The van der Waals surface area contributed by atoms with Gasteiger partial charge in [0.25, 0.3) is 5.56 Å². The van der Waals surface area contributed by atoms with Crippen LogP contribution < -0.4 is 15.8 Å². The topological polar surface area (TPSA) is 144 Å². The number of hydrogen-bond acceptors (Lipinski definition) is 9. The van der Waals surface area contributed by atoms with E-state index in [0.29, 0.717) is 44.4 Å². The summed E-state index contributed by atoms with van der Waals surface area (Å²) >= 11 is 0. The molecule has 2 aromatic heterocycles. The largest absolute Gasteiger partial charge is 0.396 e. The fourth-order valence-corrected chi connectivity index (χ4v) is 4.56. The Hall–Kier alpha value is -3.05. The number of aliphatic hydroxyl groups is 3. The van der Waals surface area contributed by atoms with Gasteiger partial charge in [-0.15, -0.1) is 0 Å². The lowest BCUT2D eigenvalue weighted by Gasteiger charge is -2.28. The van der Waals surface area contributed by atoms with Crippen LogP contribution in [0.15, 0.2) is 41.2 Å². The van der Waals surface area contributed by atoms with E-state index in [-0.39, 0.29) is 23.5 Å². The van der Waals surface area contributed by atoms with Gasteiger partial charge in [-0.25, -0.2) is 4.98 Å². The van der Waals surface area contributed by atoms with Crippen LogP contribution in [0.1, 0.15) is 6.42 Å². The zero-order valence-corrected chi connectivity index (χ0v) is 18.0. The first-order chi connectivity index (χ1) is 16.0. The second-order valence-electron chi connectivity index (χ2n) is 8.51. The van der Waals surface area contributed by atoms with Crippen LogP contribution in [0, 0.1) is 5.92 Å². The molecule has 0 amide bonds. The molecule has 33 heavy (non-hydrogen) atoms. The lowest BCUT2D eigenvalue weighted by molar-refractivity contribution is 0.00446. The van der Waals surface area contributed by atoms with Crippen LogP contribution in [0.4, 0.5) is 11.8 Å². The van der Waals surface area contributed by atoms with Crippen LogP contribution in [0.5, 0.6) is 0 Å². The minimum Gasteiger partial charge on any atom is -0.396 e. The van der Waals surface area contributed by atoms with Crippen LogP contribution >= 0.6 is 0 Å². The van der Waals surface area contributed by atoms with Gasteiger partial charge in [-0.3, -0.25) is 9.78 Å². The molecule has 3 aromatic rings. The van der Waals surface area contributed by atoms with Gasteiger partial charge in [0.2, 0.25) is 5.95 Å². The van der Waals surface area contributed by atoms with Crippen molar-refractivity contribution in [2.75, 3.05) is 43.1 Å². The second-order valence-corrected chi connectivity index (χ2v) is 8.51. The number of aromatic amines is 1. The maximum atomic E-state index is 13.3. The molecule has 1 aliphatic heterocycles. The van der Waals surface area contributed by atoms with Crippen LogP contribution in [0.2, 0.25) is 0 Å². The summed E-state index contributed by atoms with van der Waals surface area (Å²) in [5.41, 5.74) is 1.09. The Morgan fingerprint density at radius 3 is 2.64 bits per heavy atom. The van der Waals surface area contributed by atoms with E-state index >= 15 is 0 Å². The Morgan fingerprint density at radius 1 is 1.09 bits per heavy atom. The van der Waals surface area contributed by atoms with Crippen LogP contribution in [0.25, 0.3) is 22.2 Å². The predicted molar refractivity (Wildman–Crippen MR) is 123 cm³/mol. The third kappa shape index (κ3) is 4.18. The van der Waals surface area contributed by atoms with E-state index in [2.05, 4.69) is 15.3 Å². The van der Waals surface area contributed by atoms with E-state index in [1.165, 1.54) is 0 Å². The Morgan fingerprint density at radius 2 is 1.88 bits per heavy atom. The number of ether oxygens (including phenoxy) is 1. The Labute approximate surface area is 189 Å². The van der Waals surface area contributed by atoms with Crippen molar-refractivity contribution in [2.45, 2.75) is 24.7 Å². The van der Waals surface area contributed by atoms with Gasteiger partial charge in [-0.05, 0) is 18.6 Å². The summed E-state index contributed by atoms with van der Waals surface area (Å²) in [6.07, 6.45) is -1.83. The average molecular weight is 453 g/mol. The Kier molecular flexibility index (Phi) is 5.98. The summed E-state index contributed by atoms with van der Waals surface area (Å²) in [6.45, 7) is 2.01. The molecule has 174 valence electrons. The van der Waals surface area contributed by atoms with Gasteiger partial charge in [0.1, 0.15) is 17.5 Å². The van der Waals surface area contributed by atoms with E-state index in [4.69, 9.17) is 9.72 Å². The number of pyridine rings is 1. The van der Waals surface area contributed by atoms with Crippen molar-refractivity contribution in [2.24, 2.45) is 5.92 Å². The molecule has 1 aliphatic carbocycles. The maximum Gasteiger partial charge on any atom is 0.263 e. The summed E-state index contributed by atoms with van der Waals surface area (Å²) in [7, 11) is 0. The molecule has 0 spiro atoms. The highest BCUT2D eigenvalue weighted by atomic mass is 16.5. The minimum atomic E-state index is -1.10. The number of H-pyrrole nitrogens is 1. The number of benzene rings is 1. The highest BCUT2D eigenvalue weighted by Crippen LogP contribution is 2.32. The summed E-state index contributed by atoms with van der Waals surface area (Å²) < 4.78 is 5.40. The molecule has 10 heteroatoms. The number of hydrogen-bond donors (Lipinski definition) is 5. The van der Waals surface area contributed by atoms with Crippen LogP contribution in [-0.4, -0.2) is 81.4 Å². The number of aliphatic hydroxyl groups excluding tert-OH is 3. The molecule has 2 fully saturated rings. The first kappa shape index (κ1) is 21.8. The van der Waals surface area contributed by atoms with Crippen molar-refractivity contribution in [1.29, 1.82) is 0 Å².